The summed E-state index contributed by atoms with van der Waals surface area (Å²) in [5.74, 6) is 5.97. The van der Waals surface area contributed by atoms with Crippen LogP contribution in [0.25, 0.3) is 0 Å². The Morgan fingerprint density at radius 3 is 0.463 bits per heavy atom. The summed E-state index contributed by atoms with van der Waals surface area (Å²) in [6.07, 6.45) is 25.6. The molecular formula is C32H59AlN8. The van der Waals surface area contributed by atoms with E-state index < -0.39 is 0 Å². The van der Waals surface area contributed by atoms with Gasteiger partial charge in [-0.3, -0.25) is 42.5 Å². The SMILES string of the molecule is C1CCC2C3NC(NC4NC(NC5NC(NC6NC(N3)C3CCCCC63)C3CCCCC53)C3CCCCC43)C2C1.[AlH3]. The van der Waals surface area contributed by atoms with E-state index in [9.17, 15) is 0 Å². The Bertz CT molecular complexity index is 716. The summed E-state index contributed by atoms with van der Waals surface area (Å²) in [5, 5.41) is 33.8. The maximum absolute atomic E-state index is 4.26. The number of fused-ring (bicyclic) bond motifs is 20. The molecule has 5 heterocycles. The van der Waals surface area contributed by atoms with Crippen LogP contribution >= 0.6 is 0 Å². The second-order valence-electron chi connectivity index (χ2n) is 15.6. The molecule has 9 aliphatic rings. The van der Waals surface area contributed by atoms with Crippen LogP contribution in [-0.4, -0.2) is 66.7 Å². The van der Waals surface area contributed by atoms with E-state index in [-0.39, 0.29) is 17.4 Å². The molecule has 8 nitrogen and oxygen atoms in total. The van der Waals surface area contributed by atoms with Gasteiger partial charge in [0.05, 0.1) is 49.3 Å². The van der Waals surface area contributed by atoms with Gasteiger partial charge in [-0.25, -0.2) is 0 Å². The topological polar surface area (TPSA) is 96.2 Å². The van der Waals surface area contributed by atoms with E-state index in [4.69, 9.17) is 0 Å². The summed E-state index contributed by atoms with van der Waals surface area (Å²) in [5.41, 5.74) is 0. The molecule has 4 aliphatic carbocycles. The lowest BCUT2D eigenvalue weighted by Gasteiger charge is -2.35. The molecule has 0 aromatic carbocycles. The first-order valence-corrected chi connectivity index (χ1v) is 17.9. The lowest BCUT2D eigenvalue weighted by molar-refractivity contribution is 0.167. The lowest BCUT2D eigenvalue weighted by Crippen LogP contribution is -2.61. The Morgan fingerprint density at radius 2 is 0.341 bits per heavy atom. The predicted octanol–water partition coefficient (Wildman–Crippen LogP) is 1.42. The van der Waals surface area contributed by atoms with Gasteiger partial charge in [-0.2, -0.15) is 0 Å². The van der Waals surface area contributed by atoms with Gasteiger partial charge < -0.3 is 0 Å². The Labute approximate surface area is 258 Å². The van der Waals surface area contributed by atoms with E-state index in [1.54, 1.807) is 0 Å². The van der Waals surface area contributed by atoms with Crippen LogP contribution in [0.1, 0.15) is 103 Å². The van der Waals surface area contributed by atoms with E-state index >= 15 is 0 Å². The maximum atomic E-state index is 4.26. The Balaban J connectivity index is 0.00000256. The van der Waals surface area contributed by atoms with Gasteiger partial charge >= 0.3 is 0 Å². The normalized spacial score (nSPS) is 56.2. The number of nitrogens with one attached hydrogen (secondary N) is 8. The van der Waals surface area contributed by atoms with Crippen molar-refractivity contribution >= 4 is 17.4 Å². The quantitative estimate of drug-likeness (QED) is 0.203. The van der Waals surface area contributed by atoms with Crippen LogP contribution in [0.2, 0.25) is 0 Å². The summed E-state index contributed by atoms with van der Waals surface area (Å²) in [7, 11) is 0. The molecule has 5 saturated heterocycles. The molecule has 230 valence electrons. The first-order valence-electron chi connectivity index (χ1n) is 17.9. The molecule has 8 N–H and O–H groups in total. The fraction of sp³-hybridized carbons (Fsp3) is 1.00. The van der Waals surface area contributed by atoms with Crippen molar-refractivity contribution in [2.45, 2.75) is 152 Å². The molecular weight excluding hydrogens is 523 g/mol. The average molecular weight is 583 g/mol. The van der Waals surface area contributed by atoms with Gasteiger partial charge in [-0.15, -0.1) is 0 Å². The molecule has 8 atom stereocenters. The highest BCUT2D eigenvalue weighted by Crippen LogP contribution is 2.45. The molecule has 9 fully saturated rings. The monoisotopic (exact) mass is 582 g/mol. The van der Waals surface area contributed by atoms with Crippen LogP contribution in [-0.2, 0) is 0 Å². The van der Waals surface area contributed by atoms with Crippen molar-refractivity contribution in [2.24, 2.45) is 47.3 Å². The maximum Gasteiger partial charge on any atom is 0.187 e. The Hall–Kier alpha value is 0.212. The molecule has 8 unspecified atom stereocenters. The summed E-state index contributed by atoms with van der Waals surface area (Å²) in [6, 6.07) is 0. The number of hydrogen-bond acceptors (Lipinski definition) is 8. The van der Waals surface area contributed by atoms with E-state index in [2.05, 4.69) is 42.5 Å². The zero-order valence-electron chi connectivity index (χ0n) is 24.6. The van der Waals surface area contributed by atoms with E-state index in [0.717, 1.165) is 47.3 Å². The molecule has 41 heavy (non-hydrogen) atoms. The minimum Gasteiger partial charge on any atom is -0.286 e. The molecule has 0 aromatic rings. The fourth-order valence-corrected chi connectivity index (χ4v) is 12.0. The van der Waals surface area contributed by atoms with Crippen molar-refractivity contribution in [3.63, 3.8) is 0 Å². The van der Waals surface area contributed by atoms with Crippen LogP contribution in [0.4, 0.5) is 0 Å². The Morgan fingerprint density at radius 1 is 0.220 bits per heavy atom. The highest BCUT2D eigenvalue weighted by molar-refractivity contribution is 5.75. The molecule has 0 spiro atoms. The Kier molecular flexibility index (Phi) is 8.29. The molecule has 8 bridgehead atoms. The van der Waals surface area contributed by atoms with Crippen molar-refractivity contribution < 1.29 is 0 Å². The molecule has 0 amide bonds. The smallest absolute Gasteiger partial charge is 0.187 e. The standard InChI is InChI=1S/C32H56N8.Al.3H/c1-2-10-18-17(9-1)25-33-26(18)38-28-21-13-5-6-14-22(21)30(35-28)40-32-24-16-8-7-15-23(24)31(36-32)39-29-20-12-4-3-11-19(20)27(34-29)37-25;;;;/h17-40H,1-16H2;;;;. The summed E-state index contributed by atoms with van der Waals surface area (Å²) in [4.78, 5) is 0. The largest absolute Gasteiger partial charge is 0.286 e. The first kappa shape index (κ1) is 28.7. The van der Waals surface area contributed by atoms with Gasteiger partial charge in [0.1, 0.15) is 0 Å². The summed E-state index contributed by atoms with van der Waals surface area (Å²) >= 11 is 0. The van der Waals surface area contributed by atoms with Crippen LogP contribution in [0.5, 0.6) is 0 Å². The van der Waals surface area contributed by atoms with Crippen molar-refractivity contribution in [3.05, 3.63) is 0 Å². The summed E-state index contributed by atoms with van der Waals surface area (Å²) in [6.45, 7) is 0. The van der Waals surface area contributed by atoms with Crippen LogP contribution in [0.3, 0.4) is 0 Å². The van der Waals surface area contributed by atoms with Crippen molar-refractivity contribution in [2.75, 3.05) is 0 Å². The second kappa shape index (κ2) is 11.9. The average Bonchev–Trinajstić information content (AvgIpc) is 3.73. The third-order valence-corrected chi connectivity index (χ3v) is 13.8. The van der Waals surface area contributed by atoms with Gasteiger partial charge in [0.15, 0.2) is 17.4 Å². The van der Waals surface area contributed by atoms with Gasteiger partial charge in [-0.05, 0) is 98.7 Å². The van der Waals surface area contributed by atoms with Crippen LogP contribution in [0, 0.1) is 47.3 Å². The van der Waals surface area contributed by atoms with E-state index in [0.29, 0.717) is 49.3 Å². The second-order valence-corrected chi connectivity index (χ2v) is 15.6. The van der Waals surface area contributed by atoms with Crippen molar-refractivity contribution in [1.29, 1.82) is 0 Å². The van der Waals surface area contributed by atoms with Gasteiger partial charge in [0.25, 0.3) is 0 Å². The van der Waals surface area contributed by atoms with Gasteiger partial charge in [-0.1, -0.05) is 51.4 Å². The molecule has 0 aromatic heterocycles. The molecule has 4 saturated carbocycles. The highest BCUT2D eigenvalue weighted by Gasteiger charge is 2.54. The molecule has 5 aliphatic heterocycles. The summed E-state index contributed by atoms with van der Waals surface area (Å²) < 4.78 is 0. The van der Waals surface area contributed by atoms with Crippen molar-refractivity contribution in [3.8, 4) is 0 Å². The van der Waals surface area contributed by atoms with Gasteiger partial charge in [0, 0.05) is 0 Å². The van der Waals surface area contributed by atoms with Crippen LogP contribution < -0.4 is 42.5 Å². The number of rotatable bonds is 0. The first-order chi connectivity index (χ1) is 19.8. The lowest BCUT2D eigenvalue weighted by atomic mass is 9.76. The van der Waals surface area contributed by atoms with Crippen LogP contribution in [0.15, 0.2) is 0 Å². The number of hydrogen-bond donors (Lipinski definition) is 8. The zero-order chi connectivity index (χ0) is 26.2. The molecule has 9 heteroatoms. The fourth-order valence-electron chi connectivity index (χ4n) is 12.0. The van der Waals surface area contributed by atoms with Crippen molar-refractivity contribution in [1.82, 2.24) is 42.5 Å². The van der Waals surface area contributed by atoms with E-state index in [1.165, 1.54) is 103 Å². The van der Waals surface area contributed by atoms with Gasteiger partial charge in [0.2, 0.25) is 0 Å². The van der Waals surface area contributed by atoms with E-state index in [1.807, 2.05) is 0 Å². The third-order valence-electron chi connectivity index (χ3n) is 13.8. The zero-order valence-corrected chi connectivity index (χ0v) is 24.6. The minimum absolute atomic E-state index is 0. The molecule has 0 radical (unpaired) electrons. The highest BCUT2D eigenvalue weighted by atomic mass is 27.0. The third kappa shape index (κ3) is 5.01. The molecule has 9 rings (SSSR count). The minimum atomic E-state index is 0. The predicted molar refractivity (Wildman–Crippen MR) is 167 cm³/mol.